The highest BCUT2D eigenvalue weighted by Gasteiger charge is 2.25. The van der Waals surface area contributed by atoms with E-state index in [0.717, 1.165) is 31.4 Å². The number of aromatic nitrogens is 1. The molecule has 1 N–H and O–H groups in total. The highest BCUT2D eigenvalue weighted by atomic mass is 16.3. The van der Waals surface area contributed by atoms with E-state index in [1.807, 2.05) is 17.0 Å². The first-order valence-electron chi connectivity index (χ1n) is 7.10. The lowest BCUT2D eigenvalue weighted by atomic mass is 9.98. The van der Waals surface area contributed by atoms with Crippen molar-refractivity contribution in [3.63, 3.8) is 0 Å². The summed E-state index contributed by atoms with van der Waals surface area (Å²) in [7, 11) is 0. The number of carbonyl (C=O) groups excluding carboxylic acids is 1. The third-order valence-electron chi connectivity index (χ3n) is 3.79. The predicted molar refractivity (Wildman–Crippen MR) is 73.6 cm³/mol. The Bertz CT molecular complexity index is 392. The van der Waals surface area contributed by atoms with Gasteiger partial charge < -0.3 is 10.0 Å². The highest BCUT2D eigenvalue weighted by molar-refractivity contribution is 5.76. The zero-order valence-corrected chi connectivity index (χ0v) is 11.3. The van der Waals surface area contributed by atoms with E-state index < -0.39 is 0 Å². The summed E-state index contributed by atoms with van der Waals surface area (Å²) in [4.78, 5) is 18.2. The Morgan fingerprint density at radius 1 is 1.37 bits per heavy atom. The van der Waals surface area contributed by atoms with Crippen LogP contribution in [0.15, 0.2) is 24.5 Å². The molecule has 1 aromatic heterocycles. The van der Waals surface area contributed by atoms with E-state index >= 15 is 0 Å². The first kappa shape index (κ1) is 14.0. The van der Waals surface area contributed by atoms with E-state index in [1.54, 1.807) is 12.4 Å². The molecule has 4 nitrogen and oxygen atoms in total. The molecule has 1 saturated heterocycles. The van der Waals surface area contributed by atoms with Crippen LogP contribution < -0.4 is 0 Å². The van der Waals surface area contributed by atoms with E-state index in [9.17, 15) is 4.79 Å². The Balaban J connectivity index is 1.87. The molecule has 19 heavy (non-hydrogen) atoms. The standard InChI is InChI=1S/C15H22N2O2/c18-12-8-14-3-1-2-11-17(14)15(19)5-4-13-6-9-16-10-7-13/h6-7,9-10,14,18H,1-5,8,11-12H2. The summed E-state index contributed by atoms with van der Waals surface area (Å²) in [5.41, 5.74) is 1.15. The van der Waals surface area contributed by atoms with Crippen LogP contribution in [0.1, 0.15) is 37.7 Å². The molecular formula is C15H22N2O2. The smallest absolute Gasteiger partial charge is 0.223 e. The Morgan fingerprint density at radius 3 is 2.89 bits per heavy atom. The van der Waals surface area contributed by atoms with Crippen molar-refractivity contribution in [2.24, 2.45) is 0 Å². The number of nitrogens with zero attached hydrogens (tertiary/aromatic N) is 2. The maximum atomic E-state index is 12.3. The SMILES string of the molecule is O=C(CCc1ccncc1)N1CCCCC1CCO. The molecule has 0 bridgehead atoms. The van der Waals surface area contributed by atoms with Crippen LogP contribution in [-0.4, -0.2) is 40.1 Å². The average molecular weight is 262 g/mol. The molecule has 0 aromatic carbocycles. The minimum absolute atomic E-state index is 0.165. The quantitative estimate of drug-likeness (QED) is 0.880. The number of likely N-dealkylation sites (tertiary alicyclic amines) is 1. The Hall–Kier alpha value is -1.42. The average Bonchev–Trinajstić information content (AvgIpc) is 2.47. The largest absolute Gasteiger partial charge is 0.396 e. The van der Waals surface area contributed by atoms with E-state index in [0.29, 0.717) is 12.8 Å². The minimum Gasteiger partial charge on any atom is -0.396 e. The summed E-state index contributed by atoms with van der Waals surface area (Å²) in [6.45, 7) is 1.01. The highest BCUT2D eigenvalue weighted by Crippen LogP contribution is 2.20. The number of pyridine rings is 1. The Morgan fingerprint density at radius 2 is 2.16 bits per heavy atom. The van der Waals surface area contributed by atoms with Crippen molar-refractivity contribution in [2.45, 2.75) is 44.6 Å². The third-order valence-corrected chi connectivity index (χ3v) is 3.79. The van der Waals surface area contributed by atoms with Crippen molar-refractivity contribution in [3.8, 4) is 0 Å². The lowest BCUT2D eigenvalue weighted by Gasteiger charge is -2.35. The van der Waals surface area contributed by atoms with Gasteiger partial charge in [-0.3, -0.25) is 9.78 Å². The van der Waals surface area contributed by atoms with Crippen LogP contribution in [0.5, 0.6) is 0 Å². The second-order valence-corrected chi connectivity index (χ2v) is 5.10. The van der Waals surface area contributed by atoms with Crippen LogP contribution in [0.3, 0.4) is 0 Å². The minimum atomic E-state index is 0.165. The molecule has 1 fully saturated rings. The van der Waals surface area contributed by atoms with E-state index in [1.165, 1.54) is 6.42 Å². The molecule has 0 radical (unpaired) electrons. The molecule has 104 valence electrons. The number of amides is 1. The number of aryl methyl sites for hydroxylation is 1. The van der Waals surface area contributed by atoms with Gasteiger partial charge in [-0.05, 0) is 49.8 Å². The van der Waals surface area contributed by atoms with E-state index in [4.69, 9.17) is 5.11 Å². The molecule has 1 aliphatic rings. The van der Waals surface area contributed by atoms with Gasteiger partial charge in [0.1, 0.15) is 0 Å². The van der Waals surface area contributed by atoms with Gasteiger partial charge in [0.2, 0.25) is 5.91 Å². The zero-order chi connectivity index (χ0) is 13.5. The zero-order valence-electron chi connectivity index (χ0n) is 11.3. The van der Waals surface area contributed by atoms with E-state index in [2.05, 4.69) is 4.98 Å². The predicted octanol–water partition coefficient (Wildman–Crippen LogP) is 1.78. The van der Waals surface area contributed by atoms with Gasteiger partial charge in [0.25, 0.3) is 0 Å². The molecule has 1 amide bonds. The number of hydrogen-bond donors (Lipinski definition) is 1. The van der Waals surface area contributed by atoms with Crippen LogP contribution in [0.25, 0.3) is 0 Å². The third kappa shape index (κ3) is 4.03. The molecule has 0 saturated carbocycles. The van der Waals surface area contributed by atoms with Crippen molar-refractivity contribution >= 4 is 5.91 Å². The molecule has 1 unspecified atom stereocenters. The Labute approximate surface area is 114 Å². The second-order valence-electron chi connectivity index (χ2n) is 5.10. The van der Waals surface area contributed by atoms with Crippen LogP contribution >= 0.6 is 0 Å². The van der Waals surface area contributed by atoms with Crippen LogP contribution in [0.4, 0.5) is 0 Å². The summed E-state index contributed by atoms with van der Waals surface area (Å²) >= 11 is 0. The van der Waals surface area contributed by atoms with Crippen LogP contribution in [0, 0.1) is 0 Å². The van der Waals surface area contributed by atoms with Gasteiger partial charge in [0.05, 0.1) is 0 Å². The number of aliphatic hydroxyl groups is 1. The van der Waals surface area contributed by atoms with Crippen molar-refractivity contribution in [2.75, 3.05) is 13.2 Å². The first-order valence-corrected chi connectivity index (χ1v) is 7.10. The van der Waals surface area contributed by atoms with Gasteiger partial charge in [-0.25, -0.2) is 0 Å². The number of hydrogen-bond acceptors (Lipinski definition) is 3. The molecule has 2 heterocycles. The lowest BCUT2D eigenvalue weighted by molar-refractivity contribution is -0.135. The van der Waals surface area contributed by atoms with E-state index in [-0.39, 0.29) is 18.6 Å². The second kappa shape index (κ2) is 7.24. The van der Waals surface area contributed by atoms with Crippen molar-refractivity contribution in [1.82, 2.24) is 9.88 Å². The summed E-state index contributed by atoms with van der Waals surface area (Å²) in [6.07, 6.45) is 8.82. The monoisotopic (exact) mass is 262 g/mol. The van der Waals surface area contributed by atoms with Gasteiger partial charge in [-0.1, -0.05) is 0 Å². The van der Waals surface area contributed by atoms with Crippen molar-refractivity contribution < 1.29 is 9.90 Å². The van der Waals surface area contributed by atoms with Crippen LogP contribution in [-0.2, 0) is 11.2 Å². The first-order chi connectivity index (χ1) is 9.31. The number of rotatable bonds is 5. The normalized spacial score (nSPS) is 19.4. The molecule has 1 atom stereocenters. The maximum Gasteiger partial charge on any atom is 0.223 e. The van der Waals surface area contributed by atoms with Crippen molar-refractivity contribution in [1.29, 1.82) is 0 Å². The van der Waals surface area contributed by atoms with Gasteiger partial charge in [0.15, 0.2) is 0 Å². The fourth-order valence-electron chi connectivity index (χ4n) is 2.72. The van der Waals surface area contributed by atoms with Gasteiger partial charge in [0, 0.05) is 38.0 Å². The van der Waals surface area contributed by atoms with Gasteiger partial charge in [-0.2, -0.15) is 0 Å². The van der Waals surface area contributed by atoms with Crippen molar-refractivity contribution in [3.05, 3.63) is 30.1 Å². The number of carbonyl (C=O) groups is 1. The molecule has 4 heteroatoms. The molecule has 1 aromatic rings. The lowest BCUT2D eigenvalue weighted by Crippen LogP contribution is -2.44. The summed E-state index contributed by atoms with van der Waals surface area (Å²) < 4.78 is 0. The van der Waals surface area contributed by atoms with Crippen LogP contribution in [0.2, 0.25) is 0 Å². The molecular weight excluding hydrogens is 240 g/mol. The summed E-state index contributed by atoms with van der Waals surface area (Å²) in [5.74, 6) is 0.218. The molecule has 0 aliphatic carbocycles. The van der Waals surface area contributed by atoms with Gasteiger partial charge >= 0.3 is 0 Å². The topological polar surface area (TPSA) is 53.4 Å². The molecule has 2 rings (SSSR count). The fraction of sp³-hybridized carbons (Fsp3) is 0.600. The number of piperidine rings is 1. The summed E-state index contributed by atoms with van der Waals surface area (Å²) in [6, 6.07) is 4.15. The summed E-state index contributed by atoms with van der Waals surface area (Å²) in [5, 5.41) is 9.08. The van der Waals surface area contributed by atoms with Gasteiger partial charge in [-0.15, -0.1) is 0 Å². The fourth-order valence-corrected chi connectivity index (χ4v) is 2.72. The molecule has 0 spiro atoms. The molecule has 1 aliphatic heterocycles. The number of aliphatic hydroxyl groups excluding tert-OH is 1. The Kier molecular flexibility index (Phi) is 5.33. The maximum absolute atomic E-state index is 12.3.